The van der Waals surface area contributed by atoms with E-state index in [0.717, 1.165) is 0 Å². The maximum atomic E-state index is 12.0. The minimum absolute atomic E-state index is 0.0760. The predicted octanol–water partition coefficient (Wildman–Crippen LogP) is 2.45. The molecule has 5 heteroatoms. The fraction of sp³-hybridized carbons (Fsp3) is 0.182. The van der Waals surface area contributed by atoms with Gasteiger partial charge in [-0.05, 0) is 24.6 Å². The number of rotatable bonds is 2. The highest BCUT2D eigenvalue weighted by Gasteiger charge is 2.31. The van der Waals surface area contributed by atoms with Crippen molar-refractivity contribution in [2.75, 3.05) is 0 Å². The Morgan fingerprint density at radius 2 is 2.06 bits per heavy atom. The van der Waals surface area contributed by atoms with Gasteiger partial charge in [-0.15, -0.1) is 0 Å². The lowest BCUT2D eigenvalue weighted by Gasteiger charge is -2.03. The monoisotopic (exact) mass is 256 g/mol. The molecular formula is C11H9ClO3S. The van der Waals surface area contributed by atoms with Crippen molar-refractivity contribution in [1.29, 1.82) is 0 Å². The number of ketones is 1. The van der Waals surface area contributed by atoms with Gasteiger partial charge in [0.1, 0.15) is 5.78 Å². The lowest BCUT2D eigenvalue weighted by molar-refractivity contribution is -0.116. The zero-order valence-electron chi connectivity index (χ0n) is 8.53. The number of allylic oxidation sites excluding steroid dienone is 1. The van der Waals surface area contributed by atoms with E-state index >= 15 is 0 Å². The number of fused-ring (bicyclic) bond motifs is 1. The summed E-state index contributed by atoms with van der Waals surface area (Å²) in [6.45, 7) is 1.36. The molecule has 16 heavy (non-hydrogen) atoms. The highest BCUT2D eigenvalue weighted by Crippen LogP contribution is 2.38. The van der Waals surface area contributed by atoms with Gasteiger partial charge in [0.05, 0.1) is 14.8 Å². The van der Waals surface area contributed by atoms with Crippen molar-refractivity contribution in [2.24, 2.45) is 0 Å². The fourth-order valence-electron chi connectivity index (χ4n) is 1.70. The summed E-state index contributed by atoms with van der Waals surface area (Å²) in [5.74, 6) is -0.182. The smallest absolute Gasteiger partial charge is 0.205 e. The Morgan fingerprint density at radius 3 is 2.62 bits per heavy atom. The molecule has 0 radical (unpaired) electrons. The molecule has 1 aliphatic rings. The standard InChI is InChI=1S/C11H9ClO3S/c1-7(13)5-9-6-8-3-2-4-10(12)11(8)16(9,14)15/h2-4,6H,5H2,1H3. The molecule has 3 nitrogen and oxygen atoms in total. The van der Waals surface area contributed by atoms with Crippen LogP contribution in [0.1, 0.15) is 18.9 Å². The molecule has 1 heterocycles. The van der Waals surface area contributed by atoms with E-state index in [9.17, 15) is 13.2 Å². The molecular weight excluding hydrogens is 248 g/mol. The number of Topliss-reactive ketones (excluding diaryl/α,β-unsaturated/α-hetero) is 1. The van der Waals surface area contributed by atoms with Gasteiger partial charge in [0.2, 0.25) is 9.84 Å². The van der Waals surface area contributed by atoms with Crippen LogP contribution in [-0.4, -0.2) is 14.2 Å². The summed E-state index contributed by atoms with van der Waals surface area (Å²) in [6.07, 6.45) is 1.44. The SMILES string of the molecule is CC(=O)CC1=Cc2cccc(Cl)c2S1(=O)=O. The topological polar surface area (TPSA) is 51.2 Å². The summed E-state index contributed by atoms with van der Waals surface area (Å²) in [6, 6.07) is 4.89. The van der Waals surface area contributed by atoms with Crippen molar-refractivity contribution in [2.45, 2.75) is 18.2 Å². The van der Waals surface area contributed by atoms with E-state index in [1.54, 1.807) is 12.1 Å². The molecule has 1 aromatic rings. The van der Waals surface area contributed by atoms with Gasteiger partial charge < -0.3 is 0 Å². The van der Waals surface area contributed by atoms with E-state index in [0.29, 0.717) is 5.56 Å². The number of benzene rings is 1. The van der Waals surface area contributed by atoms with Crippen LogP contribution in [0.25, 0.3) is 6.08 Å². The molecule has 0 aliphatic carbocycles. The zero-order chi connectivity index (χ0) is 11.9. The molecule has 0 N–H and O–H groups in total. The molecule has 0 atom stereocenters. The Morgan fingerprint density at radius 1 is 1.38 bits per heavy atom. The van der Waals surface area contributed by atoms with Gasteiger partial charge in [-0.3, -0.25) is 4.79 Å². The van der Waals surface area contributed by atoms with E-state index in [4.69, 9.17) is 11.6 Å². The van der Waals surface area contributed by atoms with Crippen LogP contribution in [0.4, 0.5) is 0 Å². The Hall–Kier alpha value is -1.13. The minimum Gasteiger partial charge on any atom is -0.300 e. The molecule has 0 fully saturated rings. The lowest BCUT2D eigenvalue weighted by atomic mass is 10.2. The molecule has 0 amide bonds. The van der Waals surface area contributed by atoms with Crippen LogP contribution in [0.2, 0.25) is 5.02 Å². The molecule has 84 valence electrons. The van der Waals surface area contributed by atoms with E-state index < -0.39 is 9.84 Å². The van der Waals surface area contributed by atoms with Crippen molar-refractivity contribution in [3.8, 4) is 0 Å². The van der Waals surface area contributed by atoms with Gasteiger partial charge in [0, 0.05) is 6.42 Å². The van der Waals surface area contributed by atoms with Crippen LogP contribution >= 0.6 is 11.6 Å². The molecule has 0 spiro atoms. The first-order valence-electron chi connectivity index (χ1n) is 4.66. The number of sulfone groups is 1. The molecule has 2 rings (SSSR count). The van der Waals surface area contributed by atoms with Crippen LogP contribution in [0.3, 0.4) is 0 Å². The van der Waals surface area contributed by atoms with Crippen molar-refractivity contribution < 1.29 is 13.2 Å². The highest BCUT2D eigenvalue weighted by molar-refractivity contribution is 7.96. The van der Waals surface area contributed by atoms with Gasteiger partial charge in [-0.25, -0.2) is 8.42 Å². The van der Waals surface area contributed by atoms with Crippen LogP contribution < -0.4 is 0 Å². The number of hydrogen-bond donors (Lipinski definition) is 0. The average molecular weight is 257 g/mol. The summed E-state index contributed by atoms with van der Waals surface area (Å²) in [5, 5.41) is 0.201. The number of carbonyl (C=O) groups is 1. The number of halogens is 1. The Labute approximate surface area is 98.7 Å². The molecule has 0 unspecified atom stereocenters. The van der Waals surface area contributed by atoms with Crippen molar-refractivity contribution in [3.05, 3.63) is 33.7 Å². The van der Waals surface area contributed by atoms with Crippen molar-refractivity contribution in [3.63, 3.8) is 0 Å². The Bertz CT molecular complexity index is 600. The predicted molar refractivity (Wildman–Crippen MR) is 61.9 cm³/mol. The molecule has 0 saturated carbocycles. The van der Waals surface area contributed by atoms with E-state index in [1.165, 1.54) is 19.1 Å². The van der Waals surface area contributed by atoms with Crippen LogP contribution in [0.15, 0.2) is 28.0 Å². The number of hydrogen-bond acceptors (Lipinski definition) is 3. The molecule has 1 aliphatic heterocycles. The van der Waals surface area contributed by atoms with Gasteiger partial charge in [-0.1, -0.05) is 23.7 Å². The quantitative estimate of drug-likeness (QED) is 0.817. The third-order valence-corrected chi connectivity index (χ3v) is 4.72. The summed E-state index contributed by atoms with van der Waals surface area (Å²) in [4.78, 5) is 11.2. The van der Waals surface area contributed by atoms with Gasteiger partial charge in [0.15, 0.2) is 0 Å². The minimum atomic E-state index is -3.56. The van der Waals surface area contributed by atoms with E-state index in [2.05, 4.69) is 0 Å². The lowest BCUT2D eigenvalue weighted by Crippen LogP contribution is -2.04. The van der Waals surface area contributed by atoms with Crippen LogP contribution in [0, 0.1) is 0 Å². The molecule has 0 saturated heterocycles. The van der Waals surface area contributed by atoms with Crippen molar-refractivity contribution in [1.82, 2.24) is 0 Å². The second kappa shape index (κ2) is 3.71. The summed E-state index contributed by atoms with van der Waals surface area (Å²) in [7, 11) is -3.56. The van der Waals surface area contributed by atoms with Crippen LogP contribution in [-0.2, 0) is 14.6 Å². The van der Waals surface area contributed by atoms with E-state index in [-0.39, 0.29) is 27.0 Å². The molecule has 0 bridgehead atoms. The second-order valence-corrected chi connectivity index (χ2v) is 6.00. The average Bonchev–Trinajstić information content (AvgIpc) is 2.38. The summed E-state index contributed by atoms with van der Waals surface area (Å²) >= 11 is 5.86. The maximum Gasteiger partial charge on any atom is 0.205 e. The Balaban J connectivity index is 2.61. The molecule has 0 aromatic heterocycles. The van der Waals surface area contributed by atoms with Gasteiger partial charge in [0.25, 0.3) is 0 Å². The maximum absolute atomic E-state index is 12.0. The third kappa shape index (κ3) is 1.68. The zero-order valence-corrected chi connectivity index (χ0v) is 10.1. The largest absolute Gasteiger partial charge is 0.300 e. The van der Waals surface area contributed by atoms with E-state index in [1.807, 2.05) is 0 Å². The fourth-order valence-corrected chi connectivity index (χ4v) is 3.88. The van der Waals surface area contributed by atoms with Crippen LogP contribution in [0.5, 0.6) is 0 Å². The summed E-state index contributed by atoms with van der Waals surface area (Å²) in [5.41, 5.74) is 0.559. The molecule has 1 aromatic carbocycles. The second-order valence-electron chi connectivity index (χ2n) is 3.65. The van der Waals surface area contributed by atoms with Gasteiger partial charge >= 0.3 is 0 Å². The first-order valence-corrected chi connectivity index (χ1v) is 6.52. The van der Waals surface area contributed by atoms with Gasteiger partial charge in [-0.2, -0.15) is 0 Å². The first kappa shape index (κ1) is 11.4. The normalized spacial score (nSPS) is 16.8. The van der Waals surface area contributed by atoms with Crippen molar-refractivity contribution >= 4 is 33.3 Å². The number of carbonyl (C=O) groups excluding carboxylic acids is 1. The Kier molecular flexibility index (Phi) is 2.64. The third-order valence-electron chi connectivity index (χ3n) is 2.35. The highest BCUT2D eigenvalue weighted by atomic mass is 35.5. The summed E-state index contributed by atoms with van der Waals surface area (Å²) < 4.78 is 24.1. The first-order chi connectivity index (χ1) is 7.43.